The van der Waals surface area contributed by atoms with E-state index in [4.69, 9.17) is 0 Å². The maximum absolute atomic E-state index is 12.9. The van der Waals surface area contributed by atoms with Gasteiger partial charge >= 0.3 is 0 Å². The van der Waals surface area contributed by atoms with E-state index >= 15 is 0 Å². The van der Waals surface area contributed by atoms with Crippen LogP contribution in [0.25, 0.3) is 11.1 Å². The molecule has 10 heteroatoms. The smallest absolute Gasteiger partial charge is 0.291 e. The number of nitrogens with one attached hydrogen (secondary N) is 2. The van der Waals surface area contributed by atoms with Gasteiger partial charge in [-0.25, -0.2) is 4.98 Å². The number of amides is 1. The molecular weight excluding hydrogens is 420 g/mol. The van der Waals surface area contributed by atoms with E-state index in [2.05, 4.69) is 20.6 Å². The lowest BCUT2D eigenvalue weighted by atomic mass is 9.96. The van der Waals surface area contributed by atoms with Crippen LogP contribution in [0.3, 0.4) is 0 Å². The average Bonchev–Trinajstić information content (AvgIpc) is 3.07. The van der Waals surface area contributed by atoms with Gasteiger partial charge in [0.15, 0.2) is 5.82 Å². The molecule has 3 heterocycles. The van der Waals surface area contributed by atoms with Gasteiger partial charge in [-0.15, -0.1) is 12.4 Å². The van der Waals surface area contributed by atoms with Gasteiger partial charge in [-0.05, 0) is 31.0 Å². The van der Waals surface area contributed by atoms with Crippen molar-refractivity contribution in [2.45, 2.75) is 26.8 Å². The van der Waals surface area contributed by atoms with E-state index < -0.39 is 4.92 Å². The summed E-state index contributed by atoms with van der Waals surface area (Å²) in [6.45, 7) is 5.10. The fraction of sp³-hybridized carbons (Fsp3) is 0.286. The molecular formula is C21H23ClN6O3. The van der Waals surface area contributed by atoms with Crippen LogP contribution >= 0.6 is 12.4 Å². The summed E-state index contributed by atoms with van der Waals surface area (Å²) < 4.78 is 1.85. The van der Waals surface area contributed by atoms with Crippen LogP contribution in [0.1, 0.15) is 33.1 Å². The van der Waals surface area contributed by atoms with E-state index in [9.17, 15) is 14.9 Å². The van der Waals surface area contributed by atoms with Crippen molar-refractivity contribution in [1.82, 2.24) is 19.9 Å². The number of hydrogen-bond donors (Lipinski definition) is 2. The van der Waals surface area contributed by atoms with Gasteiger partial charge in [-0.2, -0.15) is 0 Å². The summed E-state index contributed by atoms with van der Waals surface area (Å²) in [5.74, 6) is 0.0720. The summed E-state index contributed by atoms with van der Waals surface area (Å²) >= 11 is 0. The molecule has 0 atom stereocenters. The molecule has 0 fully saturated rings. The number of anilines is 1. The predicted molar refractivity (Wildman–Crippen MR) is 120 cm³/mol. The number of carbonyl (C=O) groups excluding carboxylic acids is 1. The zero-order valence-electron chi connectivity index (χ0n) is 17.4. The average molecular weight is 443 g/mol. The van der Waals surface area contributed by atoms with E-state index in [1.807, 2.05) is 30.7 Å². The molecule has 2 N–H and O–H groups in total. The second-order valence-electron chi connectivity index (χ2n) is 7.34. The third-order valence-corrected chi connectivity index (χ3v) is 5.59. The number of benzene rings is 1. The molecule has 1 aliphatic heterocycles. The summed E-state index contributed by atoms with van der Waals surface area (Å²) in [7, 11) is 1.85. The molecule has 1 aromatic carbocycles. The maximum atomic E-state index is 12.9. The van der Waals surface area contributed by atoms with Crippen LogP contribution in [0.15, 0.2) is 30.6 Å². The van der Waals surface area contributed by atoms with Crippen molar-refractivity contribution in [3.05, 3.63) is 69.0 Å². The highest BCUT2D eigenvalue weighted by Crippen LogP contribution is 2.33. The standard InChI is InChI=1S/C21H22N6O3.ClH/c1-12-14(15-9-23-11-19(13(15)2)27(29)30)5-4-6-16(12)25-21(28)20-24-17-10-22-8-7-18(17)26(20)3;/h4-6,9,11,22H,7-8,10H2,1-3H3,(H,25,28);1H. The number of rotatable bonds is 4. The molecule has 0 radical (unpaired) electrons. The largest absolute Gasteiger partial charge is 0.327 e. The van der Waals surface area contributed by atoms with Crippen molar-refractivity contribution >= 4 is 29.7 Å². The minimum absolute atomic E-state index is 0. The molecule has 0 unspecified atom stereocenters. The van der Waals surface area contributed by atoms with E-state index in [1.54, 1.807) is 19.2 Å². The van der Waals surface area contributed by atoms with Gasteiger partial charge in [-0.3, -0.25) is 19.9 Å². The van der Waals surface area contributed by atoms with E-state index in [1.165, 1.54) is 6.20 Å². The van der Waals surface area contributed by atoms with Gasteiger partial charge < -0.3 is 15.2 Å². The quantitative estimate of drug-likeness (QED) is 0.473. The van der Waals surface area contributed by atoms with Gasteiger partial charge in [0.05, 0.1) is 10.6 Å². The Hall–Kier alpha value is -3.30. The normalized spacial score (nSPS) is 12.6. The van der Waals surface area contributed by atoms with Crippen molar-refractivity contribution in [3.63, 3.8) is 0 Å². The van der Waals surface area contributed by atoms with Gasteiger partial charge in [0, 0.05) is 55.3 Å². The first-order valence-corrected chi connectivity index (χ1v) is 9.64. The lowest BCUT2D eigenvalue weighted by Gasteiger charge is -2.14. The molecule has 9 nitrogen and oxygen atoms in total. The Bertz CT molecular complexity index is 1170. The van der Waals surface area contributed by atoms with E-state index in [0.717, 1.165) is 35.5 Å². The van der Waals surface area contributed by atoms with Gasteiger partial charge in [0.2, 0.25) is 0 Å². The van der Waals surface area contributed by atoms with Crippen LogP contribution in [0.4, 0.5) is 11.4 Å². The van der Waals surface area contributed by atoms with Gasteiger partial charge in [0.1, 0.15) is 6.20 Å². The second-order valence-corrected chi connectivity index (χ2v) is 7.34. The van der Waals surface area contributed by atoms with Crippen LogP contribution in [-0.2, 0) is 20.0 Å². The lowest BCUT2D eigenvalue weighted by Crippen LogP contribution is -2.24. The number of nitro groups is 1. The topological polar surface area (TPSA) is 115 Å². The minimum atomic E-state index is -0.440. The van der Waals surface area contributed by atoms with Crippen LogP contribution in [0, 0.1) is 24.0 Å². The molecule has 1 aliphatic rings. The lowest BCUT2D eigenvalue weighted by molar-refractivity contribution is -0.385. The molecule has 0 aliphatic carbocycles. The Balaban J connectivity index is 0.00000272. The number of imidazole rings is 1. The zero-order valence-corrected chi connectivity index (χ0v) is 18.2. The van der Waals surface area contributed by atoms with Crippen molar-refractivity contribution in [2.24, 2.45) is 7.05 Å². The first kappa shape index (κ1) is 22.4. The maximum Gasteiger partial charge on any atom is 0.291 e. The Morgan fingerprint density at radius 1 is 1.23 bits per heavy atom. The first-order valence-electron chi connectivity index (χ1n) is 9.64. The number of fused-ring (bicyclic) bond motifs is 1. The van der Waals surface area contributed by atoms with Gasteiger partial charge in [-0.1, -0.05) is 12.1 Å². The summed E-state index contributed by atoms with van der Waals surface area (Å²) in [6, 6.07) is 5.48. The highest BCUT2D eigenvalue weighted by molar-refractivity contribution is 6.03. The highest BCUT2D eigenvalue weighted by atomic mass is 35.5. The molecule has 0 saturated heterocycles. The SMILES string of the molecule is Cc1c(NC(=O)c2nc3c(n2C)CCNC3)cccc1-c1cncc([N+](=O)[O-])c1C.Cl. The Morgan fingerprint density at radius 2 is 2.00 bits per heavy atom. The van der Waals surface area contributed by atoms with E-state index in [0.29, 0.717) is 29.2 Å². The second kappa shape index (κ2) is 8.83. The third kappa shape index (κ3) is 4.01. The Kier molecular flexibility index (Phi) is 6.37. The molecule has 31 heavy (non-hydrogen) atoms. The number of aromatic nitrogens is 3. The van der Waals surface area contributed by atoms with Crippen LogP contribution in [0.2, 0.25) is 0 Å². The minimum Gasteiger partial charge on any atom is -0.327 e. The molecule has 3 aromatic rings. The fourth-order valence-electron chi connectivity index (χ4n) is 3.87. The van der Waals surface area contributed by atoms with Gasteiger partial charge in [0.25, 0.3) is 11.6 Å². The zero-order chi connectivity index (χ0) is 21.4. The van der Waals surface area contributed by atoms with Crippen LogP contribution < -0.4 is 10.6 Å². The summed E-state index contributed by atoms with van der Waals surface area (Å²) in [6.07, 6.45) is 3.69. The molecule has 0 saturated carbocycles. The van der Waals surface area contributed by atoms with Crippen molar-refractivity contribution in [2.75, 3.05) is 11.9 Å². The molecule has 162 valence electrons. The molecule has 2 aromatic heterocycles. The van der Waals surface area contributed by atoms with Crippen LogP contribution in [-0.4, -0.2) is 31.9 Å². The Labute approximate surface area is 185 Å². The van der Waals surface area contributed by atoms with Crippen molar-refractivity contribution < 1.29 is 9.72 Å². The fourth-order valence-corrected chi connectivity index (χ4v) is 3.87. The predicted octanol–water partition coefficient (Wildman–Crippen LogP) is 3.33. The monoisotopic (exact) mass is 442 g/mol. The summed E-state index contributed by atoms with van der Waals surface area (Å²) in [5.41, 5.74) is 5.35. The Morgan fingerprint density at radius 3 is 2.71 bits per heavy atom. The highest BCUT2D eigenvalue weighted by Gasteiger charge is 2.23. The van der Waals surface area contributed by atoms with Crippen molar-refractivity contribution in [3.8, 4) is 11.1 Å². The first-order chi connectivity index (χ1) is 14.4. The summed E-state index contributed by atoms with van der Waals surface area (Å²) in [4.78, 5) is 32.3. The molecule has 0 bridgehead atoms. The molecule has 4 rings (SSSR count). The van der Waals surface area contributed by atoms with E-state index in [-0.39, 0.29) is 24.0 Å². The number of hydrogen-bond acceptors (Lipinski definition) is 6. The number of halogens is 1. The number of nitrogens with zero attached hydrogens (tertiary/aromatic N) is 4. The molecule has 0 spiro atoms. The van der Waals surface area contributed by atoms with Crippen molar-refractivity contribution in [1.29, 1.82) is 0 Å². The molecule has 1 amide bonds. The summed E-state index contributed by atoms with van der Waals surface area (Å²) in [5, 5.41) is 17.5. The number of pyridine rings is 1. The third-order valence-electron chi connectivity index (χ3n) is 5.59. The van der Waals surface area contributed by atoms with Crippen LogP contribution in [0.5, 0.6) is 0 Å². The number of carbonyl (C=O) groups is 1.